The molecule has 1 amide bonds. The summed E-state index contributed by atoms with van der Waals surface area (Å²) in [5.74, 6) is 0.946. The van der Waals surface area contributed by atoms with Crippen molar-refractivity contribution in [1.82, 2.24) is 5.43 Å². The lowest BCUT2D eigenvalue weighted by Crippen LogP contribution is -2.16. The van der Waals surface area contributed by atoms with Crippen molar-refractivity contribution in [3.8, 4) is 11.5 Å². The first kappa shape index (κ1) is 24.3. The predicted molar refractivity (Wildman–Crippen MR) is 153 cm³/mol. The molecule has 6 nitrogen and oxygen atoms in total. The molecule has 1 aromatic heterocycles. The van der Waals surface area contributed by atoms with Gasteiger partial charge in [0.2, 0.25) is 0 Å². The van der Waals surface area contributed by atoms with Crippen LogP contribution in [0.25, 0.3) is 21.7 Å². The Labute approximate surface area is 229 Å². The average Bonchev–Trinajstić information content (AvgIpc) is 3.32. The van der Waals surface area contributed by atoms with Crippen LogP contribution in [-0.2, 0) is 6.61 Å². The van der Waals surface area contributed by atoms with Crippen LogP contribution in [0.2, 0.25) is 0 Å². The van der Waals surface area contributed by atoms with Gasteiger partial charge in [-0.25, -0.2) is 5.43 Å². The van der Waals surface area contributed by atoms with Crippen molar-refractivity contribution in [3.63, 3.8) is 0 Å². The van der Waals surface area contributed by atoms with E-state index in [1.807, 2.05) is 42.5 Å². The Kier molecular flexibility index (Phi) is 7.24. The van der Waals surface area contributed by atoms with E-state index in [-0.39, 0.29) is 5.76 Å². The second-order valence-electron chi connectivity index (χ2n) is 7.95. The van der Waals surface area contributed by atoms with Crippen LogP contribution in [0.5, 0.6) is 11.5 Å². The number of amides is 1. The Hall–Kier alpha value is -3.37. The molecule has 0 bridgehead atoms. The lowest BCUT2D eigenvalue weighted by molar-refractivity contribution is 0.0929. The minimum atomic E-state index is -0.434. The van der Waals surface area contributed by atoms with E-state index in [9.17, 15) is 4.79 Å². The maximum Gasteiger partial charge on any atom is 0.307 e. The standard InChI is InChI=1S/C28H20BrIN2O4/c1-34-25-11-17(9-10-24(25)35-16-19-7-4-6-18-5-2-3-8-22(18)19)15-31-32-28(33)26-13-20-12-21(29)14-23(30)27(20)36-26/h2-15H,16H2,1H3,(H,32,33)/b31-15-. The maximum absolute atomic E-state index is 12.5. The molecule has 0 aliphatic rings. The molecule has 5 aromatic rings. The van der Waals surface area contributed by atoms with Crippen molar-refractivity contribution in [2.75, 3.05) is 7.11 Å². The van der Waals surface area contributed by atoms with Crippen LogP contribution in [0, 0.1) is 3.57 Å². The summed E-state index contributed by atoms with van der Waals surface area (Å²) in [6.07, 6.45) is 1.54. The van der Waals surface area contributed by atoms with Crippen molar-refractivity contribution in [1.29, 1.82) is 0 Å². The SMILES string of the molecule is COc1cc(/C=N\NC(=O)c2cc3cc(Br)cc(I)c3o2)ccc1OCc1cccc2ccccc12. The summed E-state index contributed by atoms with van der Waals surface area (Å²) < 4.78 is 19.1. The third-order valence-corrected chi connectivity index (χ3v) is 6.85. The van der Waals surface area contributed by atoms with Gasteiger partial charge < -0.3 is 13.9 Å². The quantitative estimate of drug-likeness (QED) is 0.114. The number of benzene rings is 4. The first-order valence-corrected chi connectivity index (χ1v) is 12.9. The number of ether oxygens (including phenoxy) is 2. The topological polar surface area (TPSA) is 73.1 Å². The monoisotopic (exact) mass is 654 g/mol. The molecule has 180 valence electrons. The normalized spacial score (nSPS) is 11.3. The second-order valence-corrected chi connectivity index (χ2v) is 10.0. The smallest absolute Gasteiger partial charge is 0.307 e. The zero-order valence-electron chi connectivity index (χ0n) is 19.1. The fraction of sp³-hybridized carbons (Fsp3) is 0.0714. The number of hydrogen-bond donors (Lipinski definition) is 1. The number of nitrogens with one attached hydrogen (secondary N) is 1. The first-order chi connectivity index (χ1) is 17.5. The Morgan fingerprint density at radius 3 is 2.72 bits per heavy atom. The molecule has 36 heavy (non-hydrogen) atoms. The summed E-state index contributed by atoms with van der Waals surface area (Å²) in [6, 6.07) is 25.4. The highest BCUT2D eigenvalue weighted by atomic mass is 127. The van der Waals surface area contributed by atoms with Crippen LogP contribution < -0.4 is 14.9 Å². The minimum Gasteiger partial charge on any atom is -0.493 e. The van der Waals surface area contributed by atoms with E-state index in [4.69, 9.17) is 13.9 Å². The second kappa shape index (κ2) is 10.7. The van der Waals surface area contributed by atoms with Crippen LogP contribution in [0.4, 0.5) is 0 Å². The summed E-state index contributed by atoms with van der Waals surface area (Å²) in [4.78, 5) is 12.5. The third-order valence-electron chi connectivity index (χ3n) is 5.59. The number of halogens is 2. The van der Waals surface area contributed by atoms with Gasteiger partial charge in [0.15, 0.2) is 17.3 Å². The van der Waals surface area contributed by atoms with E-state index in [0.29, 0.717) is 23.7 Å². The van der Waals surface area contributed by atoms with Crippen LogP contribution in [0.15, 0.2) is 92.9 Å². The number of carbonyl (C=O) groups excluding carboxylic acids is 1. The van der Waals surface area contributed by atoms with Crippen LogP contribution >= 0.6 is 38.5 Å². The molecule has 0 radical (unpaired) electrons. The Morgan fingerprint density at radius 2 is 1.86 bits per heavy atom. The first-order valence-electron chi connectivity index (χ1n) is 11.0. The number of hydrogen-bond acceptors (Lipinski definition) is 5. The summed E-state index contributed by atoms with van der Waals surface area (Å²) in [6.45, 7) is 0.411. The molecule has 1 N–H and O–H groups in total. The van der Waals surface area contributed by atoms with E-state index in [1.165, 1.54) is 11.6 Å². The van der Waals surface area contributed by atoms with Crippen molar-refractivity contribution in [3.05, 3.63) is 104 Å². The predicted octanol–water partition coefficient (Wildman–Crippen LogP) is 7.30. The van der Waals surface area contributed by atoms with E-state index < -0.39 is 5.91 Å². The van der Waals surface area contributed by atoms with Gasteiger partial charge in [-0.05, 0) is 80.9 Å². The summed E-state index contributed by atoms with van der Waals surface area (Å²) in [7, 11) is 1.59. The summed E-state index contributed by atoms with van der Waals surface area (Å²) >= 11 is 5.63. The van der Waals surface area contributed by atoms with Gasteiger partial charge in [-0.3, -0.25) is 4.79 Å². The highest BCUT2D eigenvalue weighted by Crippen LogP contribution is 2.30. The van der Waals surface area contributed by atoms with Gasteiger partial charge in [0.25, 0.3) is 0 Å². The molecular weight excluding hydrogens is 635 g/mol. The molecule has 4 aromatic carbocycles. The Morgan fingerprint density at radius 1 is 1.03 bits per heavy atom. The summed E-state index contributed by atoms with van der Waals surface area (Å²) in [5.41, 5.74) is 5.01. The van der Waals surface area contributed by atoms with Gasteiger partial charge in [-0.15, -0.1) is 0 Å². The van der Waals surface area contributed by atoms with E-state index in [0.717, 1.165) is 29.9 Å². The molecule has 0 saturated heterocycles. The average molecular weight is 655 g/mol. The largest absolute Gasteiger partial charge is 0.493 e. The Bertz CT molecular complexity index is 1610. The lowest BCUT2D eigenvalue weighted by Gasteiger charge is -2.12. The van der Waals surface area contributed by atoms with Gasteiger partial charge in [0.05, 0.1) is 16.9 Å². The van der Waals surface area contributed by atoms with Gasteiger partial charge >= 0.3 is 5.91 Å². The number of fused-ring (bicyclic) bond motifs is 2. The third kappa shape index (κ3) is 5.24. The number of carbonyl (C=O) groups is 1. The number of rotatable bonds is 7. The summed E-state index contributed by atoms with van der Waals surface area (Å²) in [5, 5.41) is 7.24. The Balaban J connectivity index is 1.26. The van der Waals surface area contributed by atoms with Crippen LogP contribution in [0.1, 0.15) is 21.7 Å². The molecule has 1 heterocycles. The zero-order chi connectivity index (χ0) is 25.1. The molecule has 0 spiro atoms. The highest BCUT2D eigenvalue weighted by molar-refractivity contribution is 14.1. The number of hydrazone groups is 1. The fourth-order valence-electron chi connectivity index (χ4n) is 3.87. The van der Waals surface area contributed by atoms with Crippen molar-refractivity contribution in [2.45, 2.75) is 6.61 Å². The van der Waals surface area contributed by atoms with E-state index in [2.05, 4.69) is 73.3 Å². The van der Waals surface area contributed by atoms with Crippen molar-refractivity contribution in [2.24, 2.45) is 5.10 Å². The van der Waals surface area contributed by atoms with Gasteiger partial charge in [0, 0.05) is 9.86 Å². The molecular formula is C28H20BrIN2O4. The number of furan rings is 1. The van der Waals surface area contributed by atoms with Gasteiger partial charge in [-0.2, -0.15) is 5.10 Å². The van der Waals surface area contributed by atoms with Crippen molar-refractivity contribution < 1.29 is 18.7 Å². The lowest BCUT2D eigenvalue weighted by atomic mass is 10.1. The molecule has 8 heteroatoms. The molecule has 0 atom stereocenters. The van der Waals surface area contributed by atoms with Crippen LogP contribution in [0.3, 0.4) is 0 Å². The van der Waals surface area contributed by atoms with E-state index >= 15 is 0 Å². The molecule has 0 fully saturated rings. The molecule has 0 aliphatic carbocycles. The maximum atomic E-state index is 12.5. The molecule has 0 aliphatic heterocycles. The van der Waals surface area contributed by atoms with Crippen LogP contribution in [-0.4, -0.2) is 19.2 Å². The van der Waals surface area contributed by atoms with E-state index in [1.54, 1.807) is 19.2 Å². The van der Waals surface area contributed by atoms with Crippen molar-refractivity contribution >= 4 is 72.4 Å². The highest BCUT2D eigenvalue weighted by Gasteiger charge is 2.14. The number of methoxy groups -OCH3 is 1. The fourth-order valence-corrected chi connectivity index (χ4v) is 5.53. The minimum absolute atomic E-state index is 0.188. The van der Waals surface area contributed by atoms with Gasteiger partial charge in [0.1, 0.15) is 12.2 Å². The van der Waals surface area contributed by atoms with Gasteiger partial charge in [-0.1, -0.05) is 58.4 Å². The molecule has 0 saturated carbocycles. The molecule has 0 unspecified atom stereocenters. The molecule has 5 rings (SSSR count). The number of nitrogens with zero attached hydrogens (tertiary/aromatic N) is 1. The zero-order valence-corrected chi connectivity index (χ0v) is 22.9.